The molecular formula is C8H15NO5. The van der Waals surface area contributed by atoms with Crippen LogP contribution in [0.25, 0.3) is 0 Å². The van der Waals surface area contributed by atoms with Gasteiger partial charge in [0.2, 0.25) is 5.91 Å². The third kappa shape index (κ3) is 4.20. The topological polar surface area (TPSA) is 107 Å². The summed E-state index contributed by atoms with van der Waals surface area (Å²) in [5.74, 6) is -1.95. The second-order valence-electron chi connectivity index (χ2n) is 2.84. The number of aliphatic hydroxyl groups excluding tert-OH is 2. The summed E-state index contributed by atoms with van der Waals surface area (Å²) in [6.45, 7) is 1.27. The maximum atomic E-state index is 11.1. The van der Waals surface area contributed by atoms with Gasteiger partial charge < -0.3 is 20.6 Å². The van der Waals surface area contributed by atoms with Gasteiger partial charge in [0.05, 0.1) is 0 Å². The summed E-state index contributed by atoms with van der Waals surface area (Å²) in [4.78, 5) is 21.6. The molecule has 0 aliphatic heterocycles. The van der Waals surface area contributed by atoms with E-state index in [1.807, 2.05) is 0 Å². The van der Waals surface area contributed by atoms with Crippen molar-refractivity contribution in [1.29, 1.82) is 0 Å². The zero-order chi connectivity index (χ0) is 11.1. The highest BCUT2D eigenvalue weighted by atomic mass is 16.4. The van der Waals surface area contributed by atoms with Crippen molar-refractivity contribution in [2.24, 2.45) is 0 Å². The SMILES string of the molecule is CCC(O)C(=O)NC(CCO)C(=O)O. The Kier molecular flexibility index (Phi) is 5.82. The fourth-order valence-corrected chi connectivity index (χ4v) is 0.840. The minimum absolute atomic E-state index is 0.0719. The molecule has 0 saturated heterocycles. The Morgan fingerprint density at radius 2 is 2.00 bits per heavy atom. The van der Waals surface area contributed by atoms with Crippen molar-refractivity contribution in [1.82, 2.24) is 5.32 Å². The van der Waals surface area contributed by atoms with Gasteiger partial charge in [0, 0.05) is 13.0 Å². The highest BCUT2D eigenvalue weighted by molar-refractivity contribution is 5.86. The molecule has 6 nitrogen and oxygen atoms in total. The van der Waals surface area contributed by atoms with E-state index in [-0.39, 0.29) is 19.4 Å². The summed E-state index contributed by atoms with van der Waals surface area (Å²) in [5, 5.41) is 28.3. The molecule has 4 N–H and O–H groups in total. The van der Waals surface area contributed by atoms with Crippen LogP contribution in [0.2, 0.25) is 0 Å². The van der Waals surface area contributed by atoms with Crippen LogP contribution < -0.4 is 5.32 Å². The molecule has 0 rings (SSSR count). The van der Waals surface area contributed by atoms with Gasteiger partial charge in [-0.25, -0.2) is 4.79 Å². The molecule has 0 radical (unpaired) electrons. The Balaban J connectivity index is 4.15. The van der Waals surface area contributed by atoms with Crippen molar-refractivity contribution in [2.45, 2.75) is 31.9 Å². The van der Waals surface area contributed by atoms with Crippen LogP contribution in [0.4, 0.5) is 0 Å². The lowest BCUT2D eigenvalue weighted by Gasteiger charge is -2.15. The average molecular weight is 205 g/mol. The van der Waals surface area contributed by atoms with Gasteiger partial charge in [0.15, 0.2) is 0 Å². The Labute approximate surface area is 81.5 Å². The molecule has 0 aliphatic carbocycles. The van der Waals surface area contributed by atoms with Gasteiger partial charge >= 0.3 is 5.97 Å². The van der Waals surface area contributed by atoms with Gasteiger partial charge in [-0.05, 0) is 6.42 Å². The molecule has 82 valence electrons. The summed E-state index contributed by atoms with van der Waals surface area (Å²) >= 11 is 0. The van der Waals surface area contributed by atoms with E-state index in [4.69, 9.17) is 15.3 Å². The van der Waals surface area contributed by atoms with Gasteiger partial charge in [0.25, 0.3) is 0 Å². The molecule has 0 heterocycles. The number of hydrogen-bond donors (Lipinski definition) is 4. The van der Waals surface area contributed by atoms with Crippen LogP contribution in [0.15, 0.2) is 0 Å². The first-order valence-corrected chi connectivity index (χ1v) is 4.35. The maximum Gasteiger partial charge on any atom is 0.326 e. The monoisotopic (exact) mass is 205 g/mol. The van der Waals surface area contributed by atoms with Gasteiger partial charge in [-0.2, -0.15) is 0 Å². The molecule has 0 fully saturated rings. The predicted octanol–water partition coefficient (Wildman–Crippen LogP) is -1.29. The van der Waals surface area contributed by atoms with Crippen LogP contribution in [-0.2, 0) is 9.59 Å². The Hall–Kier alpha value is -1.14. The van der Waals surface area contributed by atoms with Gasteiger partial charge in [-0.15, -0.1) is 0 Å². The summed E-state index contributed by atoms with van der Waals surface area (Å²) in [6.07, 6.45) is -1.05. The molecule has 0 aromatic carbocycles. The fraction of sp³-hybridized carbons (Fsp3) is 0.750. The second-order valence-corrected chi connectivity index (χ2v) is 2.84. The zero-order valence-electron chi connectivity index (χ0n) is 7.93. The molecule has 2 unspecified atom stereocenters. The summed E-state index contributed by atoms with van der Waals surface area (Å²) < 4.78 is 0. The summed E-state index contributed by atoms with van der Waals surface area (Å²) in [7, 11) is 0. The number of nitrogens with one attached hydrogen (secondary N) is 1. The van der Waals surface area contributed by atoms with E-state index in [1.54, 1.807) is 6.92 Å². The Morgan fingerprint density at radius 3 is 2.36 bits per heavy atom. The number of carboxylic acid groups (broad SMARTS) is 1. The highest BCUT2D eigenvalue weighted by Crippen LogP contribution is 1.95. The van der Waals surface area contributed by atoms with E-state index in [0.717, 1.165) is 0 Å². The summed E-state index contributed by atoms with van der Waals surface area (Å²) in [5.41, 5.74) is 0. The van der Waals surface area contributed by atoms with E-state index in [2.05, 4.69) is 5.32 Å². The molecule has 0 aromatic rings. The van der Waals surface area contributed by atoms with Crippen molar-refractivity contribution in [3.05, 3.63) is 0 Å². The predicted molar refractivity (Wildman–Crippen MR) is 47.6 cm³/mol. The molecule has 0 aliphatic rings. The first-order valence-electron chi connectivity index (χ1n) is 4.35. The lowest BCUT2D eigenvalue weighted by molar-refractivity contribution is -0.143. The first kappa shape index (κ1) is 12.9. The van der Waals surface area contributed by atoms with E-state index in [9.17, 15) is 9.59 Å². The number of carbonyl (C=O) groups is 2. The maximum absolute atomic E-state index is 11.1. The van der Waals surface area contributed by atoms with Crippen LogP contribution in [0.3, 0.4) is 0 Å². The molecule has 0 aromatic heterocycles. The molecule has 0 bridgehead atoms. The molecular weight excluding hydrogens is 190 g/mol. The second kappa shape index (κ2) is 6.33. The minimum atomic E-state index is -1.23. The minimum Gasteiger partial charge on any atom is -0.480 e. The molecule has 6 heteroatoms. The quantitative estimate of drug-likeness (QED) is 0.431. The van der Waals surface area contributed by atoms with E-state index >= 15 is 0 Å². The molecule has 1 amide bonds. The van der Waals surface area contributed by atoms with Gasteiger partial charge in [-0.1, -0.05) is 6.92 Å². The molecule has 0 saturated carbocycles. The fourth-order valence-electron chi connectivity index (χ4n) is 0.840. The summed E-state index contributed by atoms with van der Waals surface area (Å²) in [6, 6.07) is -1.14. The number of carbonyl (C=O) groups excluding carboxylic acids is 1. The number of rotatable bonds is 6. The number of amides is 1. The van der Waals surface area contributed by atoms with Crippen molar-refractivity contribution in [3.63, 3.8) is 0 Å². The lowest BCUT2D eigenvalue weighted by Crippen LogP contribution is -2.45. The Bertz CT molecular complexity index is 206. The molecule has 2 atom stereocenters. The average Bonchev–Trinajstić information content (AvgIpc) is 2.15. The van der Waals surface area contributed by atoms with Crippen LogP contribution in [-0.4, -0.2) is 45.9 Å². The lowest BCUT2D eigenvalue weighted by atomic mass is 10.2. The number of hydrogen-bond acceptors (Lipinski definition) is 4. The van der Waals surface area contributed by atoms with Crippen LogP contribution in [0.5, 0.6) is 0 Å². The van der Waals surface area contributed by atoms with E-state index in [1.165, 1.54) is 0 Å². The number of carboxylic acids is 1. The van der Waals surface area contributed by atoms with Crippen LogP contribution in [0, 0.1) is 0 Å². The van der Waals surface area contributed by atoms with Crippen LogP contribution >= 0.6 is 0 Å². The smallest absolute Gasteiger partial charge is 0.326 e. The number of aliphatic carboxylic acids is 1. The van der Waals surface area contributed by atoms with Crippen molar-refractivity contribution in [3.8, 4) is 0 Å². The Morgan fingerprint density at radius 1 is 1.43 bits per heavy atom. The van der Waals surface area contributed by atoms with Crippen molar-refractivity contribution in [2.75, 3.05) is 6.61 Å². The zero-order valence-corrected chi connectivity index (χ0v) is 7.93. The van der Waals surface area contributed by atoms with E-state index < -0.39 is 24.0 Å². The van der Waals surface area contributed by atoms with Gasteiger partial charge in [-0.3, -0.25) is 4.79 Å². The standard InChI is InChI=1S/C8H15NO5/c1-2-6(11)7(12)9-5(3-4-10)8(13)14/h5-6,10-11H,2-4H2,1H3,(H,9,12)(H,13,14). The highest BCUT2D eigenvalue weighted by Gasteiger charge is 2.22. The normalized spacial score (nSPS) is 14.5. The largest absolute Gasteiger partial charge is 0.480 e. The van der Waals surface area contributed by atoms with Crippen molar-refractivity contribution < 1.29 is 24.9 Å². The first-order chi connectivity index (χ1) is 6.52. The molecule has 14 heavy (non-hydrogen) atoms. The van der Waals surface area contributed by atoms with E-state index in [0.29, 0.717) is 0 Å². The van der Waals surface area contributed by atoms with Crippen molar-refractivity contribution >= 4 is 11.9 Å². The van der Waals surface area contributed by atoms with Gasteiger partial charge in [0.1, 0.15) is 12.1 Å². The molecule has 0 spiro atoms. The third-order valence-electron chi connectivity index (χ3n) is 1.72. The third-order valence-corrected chi connectivity index (χ3v) is 1.72. The van der Waals surface area contributed by atoms with Crippen LogP contribution in [0.1, 0.15) is 19.8 Å². The number of aliphatic hydroxyl groups is 2.